The van der Waals surface area contributed by atoms with Crippen molar-refractivity contribution in [2.45, 2.75) is 220 Å². The summed E-state index contributed by atoms with van der Waals surface area (Å²) in [6.07, 6.45) is 35.3. The second-order valence-electron chi connectivity index (χ2n) is 13.2. The van der Waals surface area contributed by atoms with Gasteiger partial charge in [-0.05, 0) is 32.1 Å². The second-order valence-corrected chi connectivity index (χ2v) is 14.6. The first-order valence-corrected chi connectivity index (χ1v) is 20.9. The molecule has 2 unspecified atom stereocenters. The number of rotatable bonds is 36. The monoisotopic (exact) mass is 632 g/mol. The summed E-state index contributed by atoms with van der Waals surface area (Å²) >= 11 is 0. The minimum absolute atomic E-state index is 0.307. The van der Waals surface area contributed by atoms with Crippen LogP contribution < -0.4 is 0 Å². The largest absolute Gasteiger partial charge is 0.473 e. The van der Waals surface area contributed by atoms with Crippen LogP contribution in [0.5, 0.6) is 0 Å². The zero-order valence-corrected chi connectivity index (χ0v) is 30.7. The van der Waals surface area contributed by atoms with Gasteiger partial charge in [0.25, 0.3) is 0 Å². The number of nitrogens with zero attached hydrogens (tertiary/aromatic N) is 1. The number of hydrogen-bond donors (Lipinski definition) is 1. The van der Waals surface area contributed by atoms with Gasteiger partial charge in [0, 0.05) is 13.1 Å². The Morgan fingerprint density at radius 2 is 0.814 bits per heavy atom. The minimum Gasteiger partial charge on any atom is -0.302 e. The lowest BCUT2D eigenvalue weighted by Gasteiger charge is -2.32. The van der Waals surface area contributed by atoms with Crippen molar-refractivity contribution in [2.24, 2.45) is 0 Å². The van der Waals surface area contributed by atoms with E-state index in [4.69, 9.17) is 9.05 Å². The Kier molecular flexibility index (Phi) is 33.5. The van der Waals surface area contributed by atoms with Crippen LogP contribution in [0.25, 0.3) is 0 Å². The van der Waals surface area contributed by atoms with Crippen LogP contribution in [-0.2, 0) is 13.6 Å². The zero-order valence-electron chi connectivity index (χ0n) is 29.8. The standard InChI is InChI=1S/C37H78NO4P/c1-5-9-13-16-19-22-25-28-32-36-41-43(39,40)42-37(33-29-12-8-4)38(34-30-26-23-20-17-14-10-6-2)35-31-27-24-21-18-15-11-7-3/h37H,5-36H2,1-4H3,(H,39,40). The van der Waals surface area contributed by atoms with Gasteiger partial charge in [0.1, 0.15) is 6.23 Å². The first-order valence-electron chi connectivity index (χ1n) is 19.4. The average molecular weight is 632 g/mol. The fourth-order valence-electron chi connectivity index (χ4n) is 5.95. The molecule has 0 aliphatic heterocycles. The molecule has 0 rings (SSSR count). The molecule has 0 aromatic carbocycles. The lowest BCUT2D eigenvalue weighted by atomic mass is 10.1. The van der Waals surface area contributed by atoms with Crippen LogP contribution >= 0.6 is 7.82 Å². The van der Waals surface area contributed by atoms with Gasteiger partial charge in [-0.1, -0.05) is 182 Å². The molecule has 0 fully saturated rings. The third-order valence-electron chi connectivity index (χ3n) is 8.82. The molecule has 0 aromatic heterocycles. The smallest absolute Gasteiger partial charge is 0.302 e. The molecule has 43 heavy (non-hydrogen) atoms. The molecule has 0 radical (unpaired) electrons. The maximum absolute atomic E-state index is 13.1. The highest BCUT2D eigenvalue weighted by atomic mass is 31.2. The van der Waals surface area contributed by atoms with Crippen LogP contribution in [-0.4, -0.2) is 35.7 Å². The molecule has 6 heteroatoms. The van der Waals surface area contributed by atoms with Gasteiger partial charge in [-0.3, -0.25) is 13.9 Å². The molecule has 0 aromatic rings. The normalized spacial score (nSPS) is 14.0. The van der Waals surface area contributed by atoms with E-state index in [-0.39, 0.29) is 6.23 Å². The van der Waals surface area contributed by atoms with E-state index >= 15 is 0 Å². The number of hydrogen-bond acceptors (Lipinski definition) is 4. The summed E-state index contributed by atoms with van der Waals surface area (Å²) in [7, 11) is -4.09. The van der Waals surface area contributed by atoms with Crippen molar-refractivity contribution in [3.05, 3.63) is 0 Å². The minimum atomic E-state index is -4.09. The Bertz CT molecular complexity index is 571. The molecule has 1 N–H and O–H groups in total. The fraction of sp³-hybridized carbons (Fsp3) is 1.00. The molecule has 2 atom stereocenters. The molecule has 0 amide bonds. The summed E-state index contributed by atoms with van der Waals surface area (Å²) in [5.74, 6) is 0. The number of phosphoric ester groups is 1. The summed E-state index contributed by atoms with van der Waals surface area (Å²) in [5, 5.41) is 0. The van der Waals surface area contributed by atoms with Crippen LogP contribution in [0.3, 0.4) is 0 Å². The van der Waals surface area contributed by atoms with E-state index in [0.29, 0.717) is 6.61 Å². The predicted molar refractivity (Wildman–Crippen MR) is 189 cm³/mol. The predicted octanol–water partition coefficient (Wildman–Crippen LogP) is 13.1. The number of phosphoric acid groups is 1. The Morgan fingerprint density at radius 1 is 0.488 bits per heavy atom. The van der Waals surface area contributed by atoms with Gasteiger partial charge >= 0.3 is 7.82 Å². The first kappa shape index (κ1) is 43.1. The van der Waals surface area contributed by atoms with Crippen LogP contribution in [0, 0.1) is 0 Å². The van der Waals surface area contributed by atoms with Crippen molar-refractivity contribution in [3.8, 4) is 0 Å². The number of unbranched alkanes of at least 4 members (excludes halogenated alkanes) is 24. The van der Waals surface area contributed by atoms with Gasteiger partial charge in [0.2, 0.25) is 0 Å². The van der Waals surface area contributed by atoms with Gasteiger partial charge < -0.3 is 4.89 Å². The van der Waals surface area contributed by atoms with Crippen molar-refractivity contribution in [1.82, 2.24) is 4.90 Å². The highest BCUT2D eigenvalue weighted by Crippen LogP contribution is 2.46. The van der Waals surface area contributed by atoms with Gasteiger partial charge in [0.05, 0.1) is 6.61 Å². The first-order chi connectivity index (χ1) is 21.0. The lowest BCUT2D eigenvalue weighted by molar-refractivity contribution is -0.0135. The van der Waals surface area contributed by atoms with E-state index in [2.05, 4.69) is 32.6 Å². The van der Waals surface area contributed by atoms with Crippen molar-refractivity contribution >= 4 is 7.82 Å². The molecule has 5 nitrogen and oxygen atoms in total. The van der Waals surface area contributed by atoms with Crippen molar-refractivity contribution < 1.29 is 18.5 Å². The highest BCUT2D eigenvalue weighted by Gasteiger charge is 2.30. The van der Waals surface area contributed by atoms with Crippen LogP contribution in [0.1, 0.15) is 214 Å². The molecule has 0 heterocycles. The average Bonchev–Trinajstić information content (AvgIpc) is 2.99. The topological polar surface area (TPSA) is 59.0 Å². The van der Waals surface area contributed by atoms with Crippen LogP contribution in [0.15, 0.2) is 0 Å². The zero-order chi connectivity index (χ0) is 31.7. The van der Waals surface area contributed by atoms with E-state index in [0.717, 1.165) is 64.5 Å². The molecular formula is C37H78NO4P. The van der Waals surface area contributed by atoms with Gasteiger partial charge in [0.15, 0.2) is 0 Å². The molecule has 0 saturated carbocycles. The SMILES string of the molecule is CCCCCCCCCCCOP(=O)(O)OC(CCCCC)N(CCCCCCCCCC)CCCCCCCCCC. The van der Waals surface area contributed by atoms with E-state index < -0.39 is 7.82 Å². The van der Waals surface area contributed by atoms with Crippen molar-refractivity contribution in [1.29, 1.82) is 0 Å². The van der Waals surface area contributed by atoms with E-state index in [1.54, 1.807) is 0 Å². The molecule has 0 spiro atoms. The third-order valence-corrected chi connectivity index (χ3v) is 9.84. The van der Waals surface area contributed by atoms with Gasteiger partial charge in [-0.2, -0.15) is 0 Å². The Hall–Kier alpha value is 0.0700. The van der Waals surface area contributed by atoms with Crippen LogP contribution in [0.4, 0.5) is 0 Å². The Labute approximate surface area is 270 Å². The van der Waals surface area contributed by atoms with Gasteiger partial charge in [-0.25, -0.2) is 4.57 Å². The summed E-state index contributed by atoms with van der Waals surface area (Å²) in [6, 6.07) is 0. The second kappa shape index (κ2) is 33.4. The summed E-state index contributed by atoms with van der Waals surface area (Å²) < 4.78 is 24.6. The quantitative estimate of drug-likeness (QED) is 0.0423. The Morgan fingerprint density at radius 3 is 1.21 bits per heavy atom. The van der Waals surface area contributed by atoms with Crippen LogP contribution in [0.2, 0.25) is 0 Å². The van der Waals surface area contributed by atoms with E-state index in [1.165, 1.54) is 135 Å². The van der Waals surface area contributed by atoms with Gasteiger partial charge in [-0.15, -0.1) is 0 Å². The fourth-order valence-corrected chi connectivity index (χ4v) is 6.91. The summed E-state index contributed by atoms with van der Waals surface area (Å²) in [4.78, 5) is 13.1. The molecule has 0 saturated heterocycles. The van der Waals surface area contributed by atoms with E-state index in [9.17, 15) is 9.46 Å². The maximum atomic E-state index is 13.1. The highest BCUT2D eigenvalue weighted by molar-refractivity contribution is 7.47. The molecule has 0 bridgehead atoms. The summed E-state index contributed by atoms with van der Waals surface area (Å²) in [6.45, 7) is 11.2. The molecule has 0 aliphatic rings. The third kappa shape index (κ3) is 30.5. The van der Waals surface area contributed by atoms with Crippen molar-refractivity contribution in [2.75, 3.05) is 19.7 Å². The van der Waals surface area contributed by atoms with E-state index in [1.807, 2.05) is 0 Å². The Balaban J connectivity index is 4.82. The summed E-state index contributed by atoms with van der Waals surface area (Å²) in [5.41, 5.74) is 0. The van der Waals surface area contributed by atoms with Crippen molar-refractivity contribution in [3.63, 3.8) is 0 Å². The maximum Gasteiger partial charge on any atom is 0.473 e. The molecule has 0 aliphatic carbocycles. The molecular weight excluding hydrogens is 553 g/mol. The molecule has 260 valence electrons. The lowest BCUT2D eigenvalue weighted by Crippen LogP contribution is -2.38.